The molecule has 1 heteroatoms. The van der Waals surface area contributed by atoms with Gasteiger partial charge in [-0.05, 0) is 79.2 Å². The lowest BCUT2D eigenvalue weighted by Gasteiger charge is -2.26. The standard InChI is InChI=1S/C30H31F/c1-3-4-5-6-23-9-11-24(12-10-23)13-16-26-17-18-28-21-27(19-20-29(28)30(26)31)25-14-7-22(2)8-15-25/h3-4,9-12,17-22,25H,5-8,14-15H2,1-2H3/b4-3+. The van der Waals surface area contributed by atoms with Crippen LogP contribution in [0, 0.1) is 23.6 Å². The Kier molecular flexibility index (Phi) is 6.88. The van der Waals surface area contributed by atoms with Crippen molar-refractivity contribution in [3.8, 4) is 11.8 Å². The van der Waals surface area contributed by atoms with Gasteiger partial charge < -0.3 is 0 Å². The molecule has 0 heterocycles. The number of hydrogen-bond acceptors (Lipinski definition) is 0. The van der Waals surface area contributed by atoms with E-state index in [0.29, 0.717) is 16.9 Å². The zero-order valence-corrected chi connectivity index (χ0v) is 18.6. The van der Waals surface area contributed by atoms with Gasteiger partial charge in [-0.2, -0.15) is 0 Å². The molecule has 0 spiro atoms. The first-order valence-electron chi connectivity index (χ1n) is 11.6. The molecule has 31 heavy (non-hydrogen) atoms. The Bertz CT molecular complexity index is 1120. The Morgan fingerprint density at radius 1 is 0.935 bits per heavy atom. The highest BCUT2D eigenvalue weighted by Gasteiger charge is 2.20. The third-order valence-electron chi connectivity index (χ3n) is 6.60. The molecule has 0 aromatic heterocycles. The zero-order valence-electron chi connectivity index (χ0n) is 18.6. The van der Waals surface area contributed by atoms with E-state index in [4.69, 9.17) is 0 Å². The van der Waals surface area contributed by atoms with Crippen LogP contribution in [0.1, 0.15) is 74.1 Å². The van der Waals surface area contributed by atoms with Crippen molar-refractivity contribution in [3.05, 3.63) is 94.8 Å². The smallest absolute Gasteiger partial charge is 0.146 e. The van der Waals surface area contributed by atoms with Crippen LogP contribution in [0.25, 0.3) is 10.8 Å². The average molecular weight is 411 g/mol. The van der Waals surface area contributed by atoms with Crippen molar-refractivity contribution >= 4 is 10.8 Å². The third-order valence-corrected chi connectivity index (χ3v) is 6.60. The molecule has 1 saturated carbocycles. The predicted octanol–water partition coefficient (Wildman–Crippen LogP) is 8.18. The normalized spacial score (nSPS) is 18.8. The van der Waals surface area contributed by atoms with Gasteiger partial charge in [-0.15, -0.1) is 0 Å². The molecule has 0 N–H and O–H groups in total. The van der Waals surface area contributed by atoms with Crippen molar-refractivity contribution in [2.24, 2.45) is 5.92 Å². The van der Waals surface area contributed by atoms with Gasteiger partial charge in [-0.25, -0.2) is 4.39 Å². The van der Waals surface area contributed by atoms with Crippen LogP contribution in [-0.4, -0.2) is 0 Å². The molecular weight excluding hydrogens is 379 g/mol. The van der Waals surface area contributed by atoms with Crippen molar-refractivity contribution in [3.63, 3.8) is 0 Å². The Labute approximate surface area is 186 Å². The minimum atomic E-state index is -0.211. The monoisotopic (exact) mass is 410 g/mol. The van der Waals surface area contributed by atoms with Gasteiger partial charge in [0.25, 0.3) is 0 Å². The summed E-state index contributed by atoms with van der Waals surface area (Å²) in [6.45, 7) is 4.38. The molecule has 1 fully saturated rings. The van der Waals surface area contributed by atoms with Gasteiger partial charge in [-0.3, -0.25) is 0 Å². The minimum Gasteiger partial charge on any atom is -0.205 e. The van der Waals surface area contributed by atoms with Crippen LogP contribution in [0.2, 0.25) is 0 Å². The Hall–Kier alpha value is -2.85. The van der Waals surface area contributed by atoms with Gasteiger partial charge in [0.15, 0.2) is 0 Å². The van der Waals surface area contributed by atoms with E-state index in [0.717, 1.165) is 29.7 Å². The Balaban J connectivity index is 1.51. The minimum absolute atomic E-state index is 0.211. The summed E-state index contributed by atoms with van der Waals surface area (Å²) >= 11 is 0. The molecule has 1 aliphatic carbocycles. The summed E-state index contributed by atoms with van der Waals surface area (Å²) in [6, 6.07) is 18.4. The summed E-state index contributed by atoms with van der Waals surface area (Å²) in [5, 5.41) is 1.64. The van der Waals surface area contributed by atoms with Crippen LogP contribution in [0.5, 0.6) is 0 Å². The second kappa shape index (κ2) is 9.97. The van der Waals surface area contributed by atoms with E-state index < -0.39 is 0 Å². The van der Waals surface area contributed by atoms with Crippen molar-refractivity contribution in [1.29, 1.82) is 0 Å². The highest BCUT2D eigenvalue weighted by atomic mass is 19.1. The lowest BCUT2D eigenvalue weighted by molar-refractivity contribution is 0.348. The molecular formula is C30H31F. The van der Waals surface area contributed by atoms with Crippen LogP contribution in [0.3, 0.4) is 0 Å². The molecule has 3 aromatic rings. The number of halogens is 1. The van der Waals surface area contributed by atoms with Crippen LogP contribution < -0.4 is 0 Å². The van der Waals surface area contributed by atoms with E-state index in [1.165, 1.54) is 36.8 Å². The van der Waals surface area contributed by atoms with Crippen LogP contribution in [-0.2, 0) is 6.42 Å². The predicted molar refractivity (Wildman–Crippen MR) is 130 cm³/mol. The molecule has 0 unspecified atom stereocenters. The highest BCUT2D eigenvalue weighted by Crippen LogP contribution is 2.36. The highest BCUT2D eigenvalue weighted by molar-refractivity contribution is 5.85. The van der Waals surface area contributed by atoms with Crippen LogP contribution >= 0.6 is 0 Å². The second-order valence-corrected chi connectivity index (χ2v) is 8.92. The lowest BCUT2D eigenvalue weighted by Crippen LogP contribution is -2.10. The molecule has 0 aliphatic heterocycles. The fourth-order valence-corrected chi connectivity index (χ4v) is 4.57. The Morgan fingerprint density at radius 2 is 1.71 bits per heavy atom. The summed E-state index contributed by atoms with van der Waals surface area (Å²) in [5.74, 6) is 7.41. The maximum absolute atomic E-state index is 15.1. The maximum atomic E-state index is 15.1. The molecule has 0 amide bonds. The molecule has 3 aromatic carbocycles. The molecule has 1 aliphatic rings. The number of rotatable bonds is 4. The molecule has 0 radical (unpaired) electrons. The van der Waals surface area contributed by atoms with Gasteiger partial charge >= 0.3 is 0 Å². The number of allylic oxidation sites excluding steroid dienone is 2. The number of fused-ring (bicyclic) bond motifs is 1. The van der Waals surface area contributed by atoms with Crippen molar-refractivity contribution < 1.29 is 4.39 Å². The summed E-state index contributed by atoms with van der Waals surface area (Å²) in [7, 11) is 0. The first kappa shape index (κ1) is 21.4. The SMILES string of the molecule is C/C=C/CCc1ccc(C#Cc2ccc3cc(C4CCC(C)CC4)ccc3c2F)cc1. The third kappa shape index (κ3) is 5.26. The van der Waals surface area contributed by atoms with Crippen LogP contribution in [0.4, 0.5) is 4.39 Å². The summed E-state index contributed by atoms with van der Waals surface area (Å²) in [5.41, 5.74) is 4.02. The quantitative estimate of drug-likeness (QED) is 0.300. The summed E-state index contributed by atoms with van der Waals surface area (Å²) < 4.78 is 15.1. The maximum Gasteiger partial charge on any atom is 0.146 e. The summed E-state index contributed by atoms with van der Waals surface area (Å²) in [4.78, 5) is 0. The summed E-state index contributed by atoms with van der Waals surface area (Å²) in [6.07, 6.45) is 11.4. The van der Waals surface area contributed by atoms with Crippen molar-refractivity contribution in [1.82, 2.24) is 0 Å². The van der Waals surface area contributed by atoms with Gasteiger partial charge in [0.1, 0.15) is 5.82 Å². The fourth-order valence-electron chi connectivity index (χ4n) is 4.57. The number of aryl methyl sites for hydroxylation is 1. The van der Waals surface area contributed by atoms with E-state index in [2.05, 4.69) is 55.2 Å². The molecule has 0 atom stereocenters. The number of hydrogen-bond donors (Lipinski definition) is 0. The lowest BCUT2D eigenvalue weighted by atomic mass is 9.79. The van der Waals surface area contributed by atoms with E-state index >= 15 is 4.39 Å². The van der Waals surface area contributed by atoms with Gasteiger partial charge in [0.2, 0.25) is 0 Å². The van der Waals surface area contributed by atoms with E-state index in [9.17, 15) is 0 Å². The molecule has 0 saturated heterocycles. The van der Waals surface area contributed by atoms with E-state index in [-0.39, 0.29) is 5.82 Å². The van der Waals surface area contributed by atoms with E-state index in [1.54, 1.807) is 0 Å². The number of benzene rings is 3. The molecule has 0 nitrogen and oxygen atoms in total. The molecule has 0 bridgehead atoms. The average Bonchev–Trinajstić information content (AvgIpc) is 2.80. The zero-order chi connectivity index (χ0) is 21.6. The largest absolute Gasteiger partial charge is 0.205 e. The van der Waals surface area contributed by atoms with E-state index in [1.807, 2.05) is 37.3 Å². The Morgan fingerprint density at radius 3 is 2.45 bits per heavy atom. The van der Waals surface area contributed by atoms with Crippen molar-refractivity contribution in [2.75, 3.05) is 0 Å². The second-order valence-electron chi connectivity index (χ2n) is 8.92. The van der Waals surface area contributed by atoms with Gasteiger partial charge in [0.05, 0.1) is 5.56 Å². The fraction of sp³-hybridized carbons (Fsp3) is 0.333. The van der Waals surface area contributed by atoms with Gasteiger partial charge in [0, 0.05) is 10.9 Å². The topological polar surface area (TPSA) is 0 Å². The van der Waals surface area contributed by atoms with Crippen LogP contribution in [0.15, 0.2) is 66.7 Å². The first-order chi connectivity index (χ1) is 15.1. The van der Waals surface area contributed by atoms with Gasteiger partial charge in [-0.1, -0.05) is 80.2 Å². The first-order valence-corrected chi connectivity index (χ1v) is 11.6. The molecule has 158 valence electrons. The van der Waals surface area contributed by atoms with Crippen molar-refractivity contribution in [2.45, 2.75) is 58.3 Å². The molecule has 4 rings (SSSR count).